The van der Waals surface area contributed by atoms with Crippen LogP contribution in [0.4, 0.5) is 0 Å². The number of rotatable bonds is 2. The Morgan fingerprint density at radius 2 is 1.44 bits per heavy atom. The van der Waals surface area contributed by atoms with Gasteiger partial charge in [0, 0.05) is 15.6 Å². The van der Waals surface area contributed by atoms with Crippen molar-refractivity contribution in [3.05, 3.63) is 82.3 Å². The van der Waals surface area contributed by atoms with Crippen molar-refractivity contribution >= 4 is 42.4 Å². The van der Waals surface area contributed by atoms with Crippen LogP contribution >= 0.6 is 27.3 Å². The van der Waals surface area contributed by atoms with E-state index in [9.17, 15) is 0 Å². The zero-order chi connectivity index (χ0) is 18.5. The molecule has 0 bridgehead atoms. The zero-order valence-corrected chi connectivity index (χ0v) is 17.4. The van der Waals surface area contributed by atoms with Crippen molar-refractivity contribution in [3.63, 3.8) is 0 Å². The van der Waals surface area contributed by atoms with Crippen LogP contribution in [0.1, 0.15) is 11.1 Å². The molecule has 4 heteroatoms. The van der Waals surface area contributed by atoms with Crippen molar-refractivity contribution in [2.75, 3.05) is 0 Å². The molecule has 0 aliphatic rings. The first-order chi connectivity index (χ1) is 13.1. The number of hydrogen-bond donors (Lipinski definition) is 0. The van der Waals surface area contributed by atoms with Gasteiger partial charge >= 0.3 is 0 Å². The van der Waals surface area contributed by atoms with Gasteiger partial charge in [0.15, 0.2) is 4.96 Å². The summed E-state index contributed by atoms with van der Waals surface area (Å²) in [5, 5.41) is 0. The van der Waals surface area contributed by atoms with Crippen LogP contribution in [-0.2, 0) is 0 Å². The highest BCUT2D eigenvalue weighted by Gasteiger charge is 2.19. The van der Waals surface area contributed by atoms with Gasteiger partial charge in [0.05, 0.1) is 21.6 Å². The highest BCUT2D eigenvalue weighted by Crippen LogP contribution is 2.39. The number of fused-ring (bicyclic) bond motifs is 3. The summed E-state index contributed by atoms with van der Waals surface area (Å²) in [6, 6.07) is 23.8. The van der Waals surface area contributed by atoms with E-state index in [0.29, 0.717) is 0 Å². The summed E-state index contributed by atoms with van der Waals surface area (Å²) in [6.07, 6.45) is 0. The average molecular weight is 433 g/mol. The van der Waals surface area contributed by atoms with Gasteiger partial charge in [-0.2, -0.15) is 0 Å². The van der Waals surface area contributed by atoms with Crippen molar-refractivity contribution < 1.29 is 0 Å². The Balaban J connectivity index is 1.87. The number of benzene rings is 3. The first-order valence-electron chi connectivity index (χ1n) is 8.85. The lowest BCUT2D eigenvalue weighted by atomic mass is 10.0. The summed E-state index contributed by atoms with van der Waals surface area (Å²) < 4.78 is 4.62. The second-order valence-corrected chi connectivity index (χ2v) is 8.80. The topological polar surface area (TPSA) is 17.3 Å². The van der Waals surface area contributed by atoms with Gasteiger partial charge in [-0.25, -0.2) is 4.98 Å². The van der Waals surface area contributed by atoms with Crippen LogP contribution in [0.15, 0.2) is 71.2 Å². The van der Waals surface area contributed by atoms with Gasteiger partial charge in [-0.1, -0.05) is 86.9 Å². The minimum atomic E-state index is 1.02. The van der Waals surface area contributed by atoms with Gasteiger partial charge in [0.1, 0.15) is 0 Å². The molecule has 27 heavy (non-hydrogen) atoms. The Labute approximate surface area is 170 Å². The molecule has 2 heterocycles. The summed E-state index contributed by atoms with van der Waals surface area (Å²) in [5.41, 5.74) is 8.24. The van der Waals surface area contributed by atoms with Crippen molar-refractivity contribution in [2.45, 2.75) is 13.8 Å². The summed E-state index contributed by atoms with van der Waals surface area (Å²) in [4.78, 5) is 6.07. The van der Waals surface area contributed by atoms with E-state index in [4.69, 9.17) is 4.98 Å². The predicted octanol–water partition coefficient (Wildman–Crippen LogP) is 7.26. The Kier molecular flexibility index (Phi) is 3.92. The highest BCUT2D eigenvalue weighted by atomic mass is 79.9. The molecule has 0 saturated carbocycles. The maximum absolute atomic E-state index is 5.04. The van der Waals surface area contributed by atoms with Crippen molar-refractivity contribution in [3.8, 4) is 22.5 Å². The molecule has 0 atom stereocenters. The van der Waals surface area contributed by atoms with Crippen LogP contribution < -0.4 is 0 Å². The van der Waals surface area contributed by atoms with Gasteiger partial charge in [0.25, 0.3) is 0 Å². The number of hydrogen-bond acceptors (Lipinski definition) is 2. The second-order valence-electron chi connectivity index (χ2n) is 6.87. The molecular formula is C23H17BrN2S. The number of imidazole rings is 1. The molecule has 0 fully saturated rings. The molecule has 0 spiro atoms. The predicted molar refractivity (Wildman–Crippen MR) is 119 cm³/mol. The van der Waals surface area contributed by atoms with E-state index in [1.807, 2.05) is 0 Å². The van der Waals surface area contributed by atoms with Crippen molar-refractivity contribution in [1.29, 1.82) is 0 Å². The van der Waals surface area contributed by atoms with Gasteiger partial charge in [-0.3, -0.25) is 4.40 Å². The normalized spacial score (nSPS) is 11.5. The fourth-order valence-corrected chi connectivity index (χ4v) is 5.01. The fourth-order valence-electron chi connectivity index (χ4n) is 3.43. The Morgan fingerprint density at radius 1 is 0.815 bits per heavy atom. The molecule has 2 nitrogen and oxygen atoms in total. The lowest BCUT2D eigenvalue weighted by Crippen LogP contribution is -1.89. The number of thiazole rings is 1. The minimum absolute atomic E-state index is 1.02. The zero-order valence-electron chi connectivity index (χ0n) is 15.0. The molecule has 5 rings (SSSR count). The van der Waals surface area contributed by atoms with E-state index >= 15 is 0 Å². The van der Waals surface area contributed by atoms with E-state index in [-0.39, 0.29) is 0 Å². The molecule has 0 radical (unpaired) electrons. The molecule has 3 aromatic carbocycles. The molecule has 0 aliphatic carbocycles. The van der Waals surface area contributed by atoms with E-state index in [0.717, 1.165) is 26.4 Å². The van der Waals surface area contributed by atoms with E-state index in [2.05, 4.69) is 101 Å². The molecule has 132 valence electrons. The quantitative estimate of drug-likeness (QED) is 0.286. The van der Waals surface area contributed by atoms with Crippen LogP contribution in [-0.4, -0.2) is 9.38 Å². The maximum atomic E-state index is 5.04. The van der Waals surface area contributed by atoms with Crippen LogP contribution in [0.2, 0.25) is 0 Å². The van der Waals surface area contributed by atoms with Gasteiger partial charge in [0.2, 0.25) is 0 Å². The molecule has 0 aliphatic heterocycles. The molecule has 0 N–H and O–H groups in total. The lowest BCUT2D eigenvalue weighted by molar-refractivity contribution is 1.29. The van der Waals surface area contributed by atoms with Crippen molar-refractivity contribution in [1.82, 2.24) is 9.38 Å². The van der Waals surface area contributed by atoms with E-state index in [1.165, 1.54) is 26.9 Å². The lowest BCUT2D eigenvalue weighted by Gasteiger charge is -2.07. The number of nitrogens with zero attached hydrogens (tertiary/aromatic N) is 2. The van der Waals surface area contributed by atoms with Crippen LogP contribution in [0.5, 0.6) is 0 Å². The summed E-state index contributed by atoms with van der Waals surface area (Å²) in [7, 11) is 0. The van der Waals surface area contributed by atoms with Crippen LogP contribution in [0.3, 0.4) is 0 Å². The Hall–Kier alpha value is -2.43. The summed E-state index contributed by atoms with van der Waals surface area (Å²) in [5.74, 6) is 0. The van der Waals surface area contributed by atoms with Gasteiger partial charge in [-0.15, -0.1) is 0 Å². The van der Waals surface area contributed by atoms with Crippen LogP contribution in [0.25, 0.3) is 37.7 Å². The third kappa shape index (κ3) is 2.80. The average Bonchev–Trinajstić information content (AvgIpc) is 3.18. The summed E-state index contributed by atoms with van der Waals surface area (Å²) >= 11 is 5.31. The minimum Gasteiger partial charge on any atom is -0.282 e. The first-order valence-corrected chi connectivity index (χ1v) is 10.5. The second kappa shape index (κ2) is 6.32. The van der Waals surface area contributed by atoms with E-state index < -0.39 is 0 Å². The van der Waals surface area contributed by atoms with Crippen molar-refractivity contribution in [2.24, 2.45) is 0 Å². The molecule has 2 aromatic heterocycles. The molecule has 0 unspecified atom stereocenters. The number of aryl methyl sites for hydroxylation is 2. The van der Waals surface area contributed by atoms with Gasteiger partial charge < -0.3 is 0 Å². The smallest absolute Gasteiger partial charge is 0.195 e. The number of aromatic nitrogens is 2. The van der Waals surface area contributed by atoms with Gasteiger partial charge in [-0.05, 0) is 32.0 Å². The van der Waals surface area contributed by atoms with E-state index in [1.54, 1.807) is 11.3 Å². The monoisotopic (exact) mass is 432 g/mol. The SMILES string of the molecule is Cc1ccc(-c2nc3sc4cc(Br)ccc4n3c2-c2ccc(C)cc2)cc1. The molecular weight excluding hydrogens is 416 g/mol. The fraction of sp³-hybridized carbons (Fsp3) is 0.0870. The third-order valence-electron chi connectivity index (χ3n) is 4.86. The highest BCUT2D eigenvalue weighted by molar-refractivity contribution is 9.10. The molecule has 5 aromatic rings. The Morgan fingerprint density at radius 3 is 2.11 bits per heavy atom. The maximum Gasteiger partial charge on any atom is 0.195 e. The Bertz CT molecular complexity index is 1280. The van der Waals surface area contributed by atoms with Crippen LogP contribution in [0, 0.1) is 13.8 Å². The largest absolute Gasteiger partial charge is 0.282 e. The molecule has 0 saturated heterocycles. The molecule has 0 amide bonds. The number of halogens is 1. The standard InChI is InChI=1S/C23H17BrN2S/c1-14-3-7-16(8-4-14)21-22(17-9-5-15(2)6-10-17)26-19-12-11-18(24)13-20(19)27-23(26)25-21/h3-13H,1-2H3. The first kappa shape index (κ1) is 16.7. The summed E-state index contributed by atoms with van der Waals surface area (Å²) in [6.45, 7) is 4.23. The third-order valence-corrected chi connectivity index (χ3v) is 6.36.